The van der Waals surface area contributed by atoms with Gasteiger partial charge in [-0.05, 0) is 0 Å². The number of rotatable bonds is 0. The summed E-state index contributed by atoms with van der Waals surface area (Å²) in [7, 11) is 0. The molecule has 0 radical (unpaired) electrons. The van der Waals surface area contributed by atoms with Crippen LogP contribution >= 0.6 is 0 Å². The molecule has 11 heavy (non-hydrogen) atoms. The van der Waals surface area contributed by atoms with Crippen molar-refractivity contribution < 1.29 is 17.1 Å². The molecule has 0 aromatic carbocycles. The van der Waals surface area contributed by atoms with Crippen molar-refractivity contribution in [2.75, 3.05) is 0 Å². The first-order chi connectivity index (χ1) is 5.00. The van der Waals surface area contributed by atoms with Crippen molar-refractivity contribution in [1.29, 1.82) is 0 Å². The molecule has 0 unspecified atom stereocenters. The van der Waals surface area contributed by atoms with Crippen LogP contribution in [-0.4, -0.2) is 0 Å². The van der Waals surface area contributed by atoms with E-state index in [1.165, 1.54) is 0 Å². The van der Waals surface area contributed by atoms with Gasteiger partial charge >= 0.3 is 0 Å². The van der Waals surface area contributed by atoms with E-state index in [0.29, 0.717) is 0 Å². The van der Waals surface area contributed by atoms with E-state index in [2.05, 4.69) is 65.8 Å². The molecule has 1 heteroatoms. The van der Waals surface area contributed by atoms with Crippen LogP contribution in [0.15, 0.2) is 65.8 Å². The largest absolute Gasteiger partial charge is 0.106 e. The van der Waals surface area contributed by atoms with Crippen LogP contribution in [0, 0.1) is 0 Å². The van der Waals surface area contributed by atoms with Gasteiger partial charge in [-0.15, -0.1) is 65.8 Å². The molecule has 0 N–H and O–H groups in total. The molecular formula is C10H20Fe. The molecule has 68 valence electrons. The van der Waals surface area contributed by atoms with E-state index in [9.17, 15) is 0 Å². The molecule has 0 saturated carbocycles. The molecule has 0 aromatic rings. The average Bonchev–Trinajstić information content (AvgIpc) is 2.20. The van der Waals surface area contributed by atoms with Crippen LogP contribution in [-0.2, 0) is 17.1 Å². The third-order valence-corrected chi connectivity index (χ3v) is 0. The van der Waals surface area contributed by atoms with Gasteiger partial charge in [0.1, 0.15) is 0 Å². The predicted molar refractivity (Wildman–Crippen MR) is 56.3 cm³/mol. The Bertz CT molecular complexity index is 16.4. The van der Waals surface area contributed by atoms with Crippen LogP contribution in [0.5, 0.6) is 0 Å². The van der Waals surface area contributed by atoms with Crippen molar-refractivity contribution in [2.45, 2.75) is 0 Å². The van der Waals surface area contributed by atoms with Crippen LogP contribution in [0.4, 0.5) is 0 Å². The van der Waals surface area contributed by atoms with Crippen molar-refractivity contribution in [3.05, 3.63) is 65.8 Å². The molecule has 0 spiro atoms. The van der Waals surface area contributed by atoms with Crippen LogP contribution in [0.2, 0.25) is 0 Å². The smallest absolute Gasteiger partial charge is 0 e. The van der Waals surface area contributed by atoms with Crippen molar-refractivity contribution in [3.63, 3.8) is 0 Å². The maximum absolute atomic E-state index is 3.00. The van der Waals surface area contributed by atoms with E-state index in [1.54, 1.807) is 0 Å². The van der Waals surface area contributed by atoms with Gasteiger partial charge in [-0.3, -0.25) is 0 Å². The summed E-state index contributed by atoms with van der Waals surface area (Å²) in [6.45, 7) is 30.0. The first kappa shape index (κ1) is 48.8. The normalized spacial score (nSPS) is 1.82. The van der Waals surface area contributed by atoms with Crippen molar-refractivity contribution in [2.24, 2.45) is 0 Å². The summed E-state index contributed by atoms with van der Waals surface area (Å²) in [6, 6.07) is 0. The van der Waals surface area contributed by atoms with Crippen LogP contribution in [0.3, 0.4) is 0 Å². The quantitative estimate of drug-likeness (QED) is 0.405. The molecule has 0 amide bonds. The summed E-state index contributed by atoms with van der Waals surface area (Å²) in [6.07, 6.45) is 0. The third-order valence-electron chi connectivity index (χ3n) is 0. The Morgan fingerprint density at radius 3 is 0.273 bits per heavy atom. The molecule has 0 atom stereocenters. The molecule has 0 bridgehead atoms. The molecule has 0 aliphatic carbocycles. The summed E-state index contributed by atoms with van der Waals surface area (Å²) >= 11 is 0. The van der Waals surface area contributed by atoms with E-state index < -0.39 is 0 Å². The van der Waals surface area contributed by atoms with Crippen molar-refractivity contribution in [1.82, 2.24) is 0 Å². The molecule has 0 aliphatic heterocycles. The summed E-state index contributed by atoms with van der Waals surface area (Å²) in [5, 5.41) is 0. The Morgan fingerprint density at radius 1 is 0.273 bits per heavy atom. The van der Waals surface area contributed by atoms with Gasteiger partial charge in [0.2, 0.25) is 0 Å². The van der Waals surface area contributed by atoms with Gasteiger partial charge in [0.25, 0.3) is 0 Å². The number of hydrogen-bond donors (Lipinski definition) is 0. The summed E-state index contributed by atoms with van der Waals surface area (Å²) in [5.74, 6) is 0. The van der Waals surface area contributed by atoms with Gasteiger partial charge in [0.05, 0.1) is 0 Å². The summed E-state index contributed by atoms with van der Waals surface area (Å²) < 4.78 is 0. The Morgan fingerprint density at radius 2 is 0.273 bits per heavy atom. The number of hydrogen-bond acceptors (Lipinski definition) is 0. The van der Waals surface area contributed by atoms with Gasteiger partial charge in [-0.2, -0.15) is 0 Å². The second-order valence-corrected chi connectivity index (χ2v) is 0. The standard InChI is InChI=1S/5C2H4.Fe/c5*1-2;/h5*1-2H2;. The third kappa shape index (κ3) is 789. The molecule has 0 aliphatic rings. The Hall–Kier alpha value is -0.781. The molecular weight excluding hydrogens is 176 g/mol. The Balaban J connectivity index is -0.00000000694. The maximum atomic E-state index is 3.00. The minimum atomic E-state index is 0. The van der Waals surface area contributed by atoms with Gasteiger partial charge < -0.3 is 0 Å². The Labute approximate surface area is 83.2 Å². The minimum Gasteiger partial charge on any atom is -0.106 e. The van der Waals surface area contributed by atoms with E-state index in [0.717, 1.165) is 0 Å². The van der Waals surface area contributed by atoms with Crippen LogP contribution in [0.1, 0.15) is 0 Å². The van der Waals surface area contributed by atoms with Crippen LogP contribution in [0.25, 0.3) is 0 Å². The second-order valence-electron chi connectivity index (χ2n) is 0. The molecule has 0 heterocycles. The van der Waals surface area contributed by atoms with Gasteiger partial charge in [-0.1, -0.05) is 0 Å². The minimum absolute atomic E-state index is 0. The molecule has 0 saturated heterocycles. The summed E-state index contributed by atoms with van der Waals surface area (Å²) in [4.78, 5) is 0. The molecule has 0 rings (SSSR count). The fraction of sp³-hybridized carbons (Fsp3) is 0. The monoisotopic (exact) mass is 196 g/mol. The van der Waals surface area contributed by atoms with Crippen molar-refractivity contribution in [3.8, 4) is 0 Å². The zero-order valence-corrected chi connectivity index (χ0v) is 8.53. The van der Waals surface area contributed by atoms with E-state index in [-0.39, 0.29) is 17.1 Å². The maximum Gasteiger partial charge on any atom is 0 e. The second kappa shape index (κ2) is 1020. The van der Waals surface area contributed by atoms with Crippen molar-refractivity contribution >= 4 is 0 Å². The first-order valence-corrected chi connectivity index (χ1v) is 2.50. The fourth-order valence-electron chi connectivity index (χ4n) is 0. The zero-order valence-electron chi connectivity index (χ0n) is 7.42. The van der Waals surface area contributed by atoms with E-state index >= 15 is 0 Å². The topological polar surface area (TPSA) is 0 Å². The predicted octanol–water partition coefficient (Wildman–Crippen LogP) is 4.01. The molecule has 0 nitrogen and oxygen atoms in total. The summed E-state index contributed by atoms with van der Waals surface area (Å²) in [5.41, 5.74) is 0. The zero-order chi connectivity index (χ0) is 10.0. The molecule has 0 fully saturated rings. The van der Waals surface area contributed by atoms with E-state index in [4.69, 9.17) is 0 Å². The first-order valence-electron chi connectivity index (χ1n) is 2.50. The van der Waals surface area contributed by atoms with Gasteiger partial charge in [-0.25, -0.2) is 0 Å². The Kier molecular flexibility index (Phi) is 4530. The fourth-order valence-corrected chi connectivity index (χ4v) is 0. The SMILES string of the molecule is C=C.C=C.C=C.C=C.C=C.[Fe]. The van der Waals surface area contributed by atoms with Gasteiger partial charge in [0, 0.05) is 17.1 Å². The van der Waals surface area contributed by atoms with Crippen LogP contribution < -0.4 is 0 Å². The van der Waals surface area contributed by atoms with E-state index in [1.807, 2.05) is 0 Å². The average molecular weight is 196 g/mol. The van der Waals surface area contributed by atoms with Gasteiger partial charge in [0.15, 0.2) is 0 Å². The molecule has 0 aromatic heterocycles.